The van der Waals surface area contributed by atoms with Crippen LogP contribution in [0.5, 0.6) is 0 Å². The average Bonchev–Trinajstić information content (AvgIpc) is 2.63. The molecule has 138 valence electrons. The largest absolute Gasteiger partial charge is 0.354 e. The van der Waals surface area contributed by atoms with Crippen LogP contribution in [0.4, 0.5) is 11.8 Å². The number of amides is 1. The third-order valence-corrected chi connectivity index (χ3v) is 4.75. The maximum atomic E-state index is 11.5. The molecule has 7 heteroatoms. The second kappa shape index (κ2) is 8.36. The Morgan fingerprint density at radius 1 is 1.15 bits per heavy atom. The fourth-order valence-corrected chi connectivity index (χ4v) is 3.14. The van der Waals surface area contributed by atoms with E-state index < -0.39 is 0 Å². The van der Waals surface area contributed by atoms with Crippen LogP contribution in [0, 0.1) is 6.92 Å². The highest BCUT2D eigenvalue weighted by Gasteiger charge is 2.20. The third kappa shape index (κ3) is 4.85. The molecule has 0 aliphatic carbocycles. The Labute approximate surface area is 159 Å². The number of nitrogens with zero attached hydrogens (tertiary/aromatic N) is 4. The van der Waals surface area contributed by atoms with Gasteiger partial charge in [0.1, 0.15) is 5.82 Å². The number of halogens is 1. The normalized spacial score (nSPS) is 14.4. The number of benzene rings is 1. The van der Waals surface area contributed by atoms with E-state index in [9.17, 15) is 4.79 Å². The molecule has 0 atom stereocenters. The zero-order valence-corrected chi connectivity index (χ0v) is 16.0. The van der Waals surface area contributed by atoms with Crippen molar-refractivity contribution >= 4 is 29.3 Å². The Morgan fingerprint density at radius 3 is 2.50 bits per heavy atom. The second-order valence-corrected chi connectivity index (χ2v) is 6.92. The van der Waals surface area contributed by atoms with Crippen LogP contribution in [-0.2, 0) is 11.2 Å². The number of anilines is 2. The molecule has 2 heterocycles. The van der Waals surface area contributed by atoms with Crippen LogP contribution in [0.25, 0.3) is 0 Å². The standard InChI is InChI=1S/C19H24ClN5O/c1-14-13-18(25-11-9-24(10-12-25)15(2)26)23-19(22-14)21-8-7-16-3-5-17(20)6-4-16/h3-6,13H,7-12H2,1-2H3,(H,21,22,23). The molecule has 0 unspecified atom stereocenters. The summed E-state index contributed by atoms with van der Waals surface area (Å²) in [6.45, 7) is 7.40. The SMILES string of the molecule is CC(=O)N1CCN(c2cc(C)nc(NCCc3ccc(Cl)cc3)n2)CC1. The van der Waals surface area contributed by atoms with E-state index in [-0.39, 0.29) is 5.91 Å². The molecule has 1 aromatic heterocycles. The third-order valence-electron chi connectivity index (χ3n) is 4.50. The number of carbonyl (C=O) groups is 1. The first-order chi connectivity index (χ1) is 12.5. The van der Waals surface area contributed by atoms with Gasteiger partial charge in [-0.2, -0.15) is 4.98 Å². The van der Waals surface area contributed by atoms with Gasteiger partial charge in [0.2, 0.25) is 11.9 Å². The van der Waals surface area contributed by atoms with Gasteiger partial charge in [-0.1, -0.05) is 23.7 Å². The Kier molecular flexibility index (Phi) is 5.93. The molecule has 3 rings (SSSR count). The van der Waals surface area contributed by atoms with Crippen LogP contribution >= 0.6 is 11.6 Å². The maximum Gasteiger partial charge on any atom is 0.224 e. The fraction of sp³-hybridized carbons (Fsp3) is 0.421. The molecule has 26 heavy (non-hydrogen) atoms. The molecule has 0 radical (unpaired) electrons. The molecule has 0 saturated carbocycles. The predicted molar refractivity (Wildman–Crippen MR) is 105 cm³/mol. The average molecular weight is 374 g/mol. The van der Waals surface area contributed by atoms with Gasteiger partial charge in [0.15, 0.2) is 0 Å². The highest BCUT2D eigenvalue weighted by molar-refractivity contribution is 6.30. The zero-order chi connectivity index (χ0) is 18.5. The molecule has 6 nitrogen and oxygen atoms in total. The molecule has 1 amide bonds. The van der Waals surface area contributed by atoms with E-state index in [1.165, 1.54) is 5.56 Å². The number of hydrogen-bond donors (Lipinski definition) is 1. The summed E-state index contributed by atoms with van der Waals surface area (Å²) in [6, 6.07) is 9.85. The van der Waals surface area contributed by atoms with Crippen LogP contribution in [0.3, 0.4) is 0 Å². The molecule has 1 aromatic carbocycles. The fourth-order valence-electron chi connectivity index (χ4n) is 3.01. The molecular formula is C19H24ClN5O. The monoisotopic (exact) mass is 373 g/mol. The minimum absolute atomic E-state index is 0.132. The first-order valence-corrected chi connectivity index (χ1v) is 9.23. The van der Waals surface area contributed by atoms with Gasteiger partial charge in [-0.15, -0.1) is 0 Å². The van der Waals surface area contributed by atoms with E-state index in [2.05, 4.69) is 20.2 Å². The van der Waals surface area contributed by atoms with Crippen LogP contribution < -0.4 is 10.2 Å². The number of rotatable bonds is 5. The molecule has 1 saturated heterocycles. The lowest BCUT2D eigenvalue weighted by Gasteiger charge is -2.35. The quantitative estimate of drug-likeness (QED) is 0.873. The second-order valence-electron chi connectivity index (χ2n) is 6.49. The molecule has 0 spiro atoms. The van der Waals surface area contributed by atoms with Gasteiger partial charge in [0, 0.05) is 56.4 Å². The smallest absolute Gasteiger partial charge is 0.224 e. The van der Waals surface area contributed by atoms with E-state index in [1.807, 2.05) is 42.2 Å². The Morgan fingerprint density at radius 2 is 1.85 bits per heavy atom. The predicted octanol–water partition coefficient (Wildman–Crippen LogP) is 2.76. The van der Waals surface area contributed by atoms with Crippen molar-refractivity contribution in [3.8, 4) is 0 Å². The number of hydrogen-bond acceptors (Lipinski definition) is 5. The van der Waals surface area contributed by atoms with E-state index in [1.54, 1.807) is 6.92 Å². The maximum absolute atomic E-state index is 11.5. The van der Waals surface area contributed by atoms with E-state index >= 15 is 0 Å². The van der Waals surface area contributed by atoms with Gasteiger partial charge in [-0.05, 0) is 31.0 Å². The van der Waals surface area contributed by atoms with Crippen LogP contribution in [0.1, 0.15) is 18.2 Å². The molecule has 2 aromatic rings. The first-order valence-electron chi connectivity index (χ1n) is 8.86. The number of aryl methyl sites for hydroxylation is 1. The lowest BCUT2D eigenvalue weighted by Crippen LogP contribution is -2.48. The summed E-state index contributed by atoms with van der Waals surface area (Å²) in [4.78, 5) is 24.7. The van der Waals surface area contributed by atoms with Crippen LogP contribution in [0.2, 0.25) is 5.02 Å². The summed E-state index contributed by atoms with van der Waals surface area (Å²) < 4.78 is 0. The van der Waals surface area contributed by atoms with Crippen molar-refractivity contribution in [3.63, 3.8) is 0 Å². The summed E-state index contributed by atoms with van der Waals surface area (Å²) in [5.41, 5.74) is 2.15. The first kappa shape index (κ1) is 18.5. The molecule has 0 bridgehead atoms. The number of aromatic nitrogens is 2. The van der Waals surface area contributed by atoms with Crippen molar-refractivity contribution in [3.05, 3.63) is 46.6 Å². The minimum atomic E-state index is 0.132. The highest BCUT2D eigenvalue weighted by Crippen LogP contribution is 2.17. The van der Waals surface area contributed by atoms with Crippen LogP contribution in [0.15, 0.2) is 30.3 Å². The van der Waals surface area contributed by atoms with E-state index in [4.69, 9.17) is 11.6 Å². The summed E-state index contributed by atoms with van der Waals surface area (Å²) in [7, 11) is 0. The van der Waals surface area contributed by atoms with Gasteiger partial charge in [0.25, 0.3) is 0 Å². The van der Waals surface area contributed by atoms with Crippen molar-refractivity contribution in [1.29, 1.82) is 0 Å². The van der Waals surface area contributed by atoms with Gasteiger partial charge in [0.05, 0.1) is 0 Å². The molecule has 1 N–H and O–H groups in total. The Balaban J connectivity index is 1.59. The van der Waals surface area contributed by atoms with Crippen molar-refractivity contribution in [2.45, 2.75) is 20.3 Å². The zero-order valence-electron chi connectivity index (χ0n) is 15.2. The minimum Gasteiger partial charge on any atom is -0.354 e. The topological polar surface area (TPSA) is 61.4 Å². The molecular weight excluding hydrogens is 350 g/mol. The van der Waals surface area contributed by atoms with E-state index in [0.717, 1.165) is 55.7 Å². The van der Waals surface area contributed by atoms with Crippen LogP contribution in [-0.4, -0.2) is 53.5 Å². The lowest BCUT2D eigenvalue weighted by atomic mass is 10.1. The van der Waals surface area contributed by atoms with Gasteiger partial charge in [-0.3, -0.25) is 4.79 Å². The number of nitrogens with one attached hydrogen (secondary N) is 1. The molecule has 1 fully saturated rings. The number of carbonyl (C=O) groups excluding carboxylic acids is 1. The van der Waals surface area contributed by atoms with Gasteiger partial charge >= 0.3 is 0 Å². The summed E-state index contributed by atoms with van der Waals surface area (Å²) in [5.74, 6) is 1.69. The van der Waals surface area contributed by atoms with Gasteiger partial charge in [-0.25, -0.2) is 4.98 Å². The van der Waals surface area contributed by atoms with Crippen molar-refractivity contribution < 1.29 is 4.79 Å². The number of piperazine rings is 1. The highest BCUT2D eigenvalue weighted by atomic mass is 35.5. The van der Waals surface area contributed by atoms with Gasteiger partial charge < -0.3 is 15.1 Å². The van der Waals surface area contributed by atoms with Crippen molar-refractivity contribution in [2.75, 3.05) is 42.9 Å². The summed E-state index contributed by atoms with van der Waals surface area (Å²) in [5, 5.41) is 4.06. The lowest BCUT2D eigenvalue weighted by molar-refractivity contribution is -0.129. The summed E-state index contributed by atoms with van der Waals surface area (Å²) >= 11 is 5.91. The molecule has 1 aliphatic rings. The van der Waals surface area contributed by atoms with Crippen molar-refractivity contribution in [2.24, 2.45) is 0 Å². The van der Waals surface area contributed by atoms with E-state index in [0.29, 0.717) is 5.95 Å². The molecule has 1 aliphatic heterocycles. The Bertz CT molecular complexity index is 757. The summed E-state index contributed by atoms with van der Waals surface area (Å²) in [6.07, 6.45) is 0.876. The van der Waals surface area contributed by atoms with Crippen molar-refractivity contribution in [1.82, 2.24) is 14.9 Å². The Hall–Kier alpha value is -2.34.